The molecule has 1 fully saturated rings. The Bertz CT molecular complexity index is 784. The van der Waals surface area contributed by atoms with Crippen LogP contribution in [0, 0.1) is 5.82 Å². The van der Waals surface area contributed by atoms with Crippen LogP contribution < -0.4 is 5.32 Å². The van der Waals surface area contributed by atoms with E-state index < -0.39 is 0 Å². The summed E-state index contributed by atoms with van der Waals surface area (Å²) in [6, 6.07) is 13.0. The molecule has 2 aromatic carbocycles. The lowest BCUT2D eigenvalue weighted by Gasteiger charge is -2.22. The van der Waals surface area contributed by atoms with Crippen molar-refractivity contribution >= 4 is 11.6 Å². The summed E-state index contributed by atoms with van der Waals surface area (Å²) >= 11 is 0. The van der Waals surface area contributed by atoms with Crippen LogP contribution in [-0.2, 0) is 24.2 Å². The molecule has 0 aromatic heterocycles. The third-order valence-electron chi connectivity index (χ3n) is 5.63. The minimum absolute atomic E-state index is 0.0626. The van der Waals surface area contributed by atoms with Crippen molar-refractivity contribution in [3.63, 3.8) is 0 Å². The summed E-state index contributed by atoms with van der Waals surface area (Å²) in [7, 11) is 0. The predicted molar refractivity (Wildman–Crippen MR) is 117 cm³/mol. The van der Waals surface area contributed by atoms with E-state index in [-0.39, 0.29) is 11.7 Å². The van der Waals surface area contributed by atoms with Gasteiger partial charge in [-0.2, -0.15) is 0 Å². The van der Waals surface area contributed by atoms with Gasteiger partial charge in [-0.05, 0) is 61.2 Å². The maximum Gasteiger partial charge on any atom is 0.238 e. The van der Waals surface area contributed by atoms with Gasteiger partial charge in [0.05, 0.1) is 6.54 Å². The van der Waals surface area contributed by atoms with Gasteiger partial charge >= 0.3 is 0 Å². The first-order valence-corrected chi connectivity index (χ1v) is 10.7. The van der Waals surface area contributed by atoms with Gasteiger partial charge in [-0.25, -0.2) is 4.39 Å². The predicted octanol–water partition coefficient (Wildman–Crippen LogP) is 4.10. The standard InChI is InChI=1S/C24H32FN3O/c1-3-20-7-5-8-21(4-2)24(20)26-23(29)18-28-14-6-13-27(15-16-28)17-19-9-11-22(25)12-10-19/h5,7-12H,3-4,6,13-18H2,1-2H3,(H,26,29). The number of hydrogen-bond donors (Lipinski definition) is 1. The summed E-state index contributed by atoms with van der Waals surface area (Å²) in [5.74, 6) is -0.134. The van der Waals surface area contributed by atoms with Crippen LogP contribution in [0.5, 0.6) is 0 Å². The maximum atomic E-state index is 13.1. The molecule has 0 unspecified atom stereocenters. The normalized spacial score (nSPS) is 15.8. The summed E-state index contributed by atoms with van der Waals surface area (Å²) in [6.07, 6.45) is 2.84. The van der Waals surface area contributed by atoms with Gasteiger partial charge in [0.25, 0.3) is 0 Å². The smallest absolute Gasteiger partial charge is 0.238 e. The monoisotopic (exact) mass is 397 g/mol. The van der Waals surface area contributed by atoms with Gasteiger partial charge in [0.1, 0.15) is 5.82 Å². The number of rotatable bonds is 7. The van der Waals surface area contributed by atoms with Crippen LogP contribution in [0.3, 0.4) is 0 Å². The third-order valence-corrected chi connectivity index (χ3v) is 5.63. The Balaban J connectivity index is 1.53. The molecular formula is C24H32FN3O. The number of amides is 1. The lowest BCUT2D eigenvalue weighted by Crippen LogP contribution is -2.36. The molecule has 1 saturated heterocycles. The van der Waals surface area contributed by atoms with E-state index in [1.807, 2.05) is 12.1 Å². The number of carbonyl (C=O) groups excluding carboxylic acids is 1. The van der Waals surface area contributed by atoms with E-state index in [1.54, 1.807) is 0 Å². The number of para-hydroxylation sites is 1. The lowest BCUT2D eigenvalue weighted by atomic mass is 10.0. The summed E-state index contributed by atoms with van der Waals surface area (Å²) in [4.78, 5) is 17.3. The molecule has 156 valence electrons. The minimum atomic E-state index is -0.197. The van der Waals surface area contributed by atoms with Gasteiger partial charge < -0.3 is 5.32 Å². The maximum absolute atomic E-state index is 13.1. The van der Waals surface area contributed by atoms with Crippen LogP contribution in [0.15, 0.2) is 42.5 Å². The number of nitrogens with one attached hydrogen (secondary N) is 1. The summed E-state index contributed by atoms with van der Waals surface area (Å²) in [5, 5.41) is 3.18. The molecule has 0 aliphatic carbocycles. The highest BCUT2D eigenvalue weighted by atomic mass is 19.1. The van der Waals surface area contributed by atoms with Crippen LogP contribution in [0.2, 0.25) is 0 Å². The first kappa shape index (κ1) is 21.5. The molecule has 1 heterocycles. The van der Waals surface area contributed by atoms with E-state index in [2.05, 4.69) is 47.2 Å². The van der Waals surface area contributed by atoms with Crippen molar-refractivity contribution in [2.45, 2.75) is 39.7 Å². The Morgan fingerprint density at radius 3 is 2.21 bits per heavy atom. The van der Waals surface area contributed by atoms with Crippen molar-refractivity contribution in [2.75, 3.05) is 38.0 Å². The summed E-state index contributed by atoms with van der Waals surface area (Å²) < 4.78 is 13.1. The van der Waals surface area contributed by atoms with Crippen molar-refractivity contribution in [1.82, 2.24) is 9.80 Å². The lowest BCUT2D eigenvalue weighted by molar-refractivity contribution is -0.117. The second-order valence-electron chi connectivity index (χ2n) is 7.74. The quantitative estimate of drug-likeness (QED) is 0.764. The Morgan fingerprint density at radius 2 is 1.55 bits per heavy atom. The Morgan fingerprint density at radius 1 is 0.931 bits per heavy atom. The second kappa shape index (κ2) is 10.5. The van der Waals surface area contributed by atoms with E-state index in [4.69, 9.17) is 0 Å². The molecule has 5 heteroatoms. The highest BCUT2D eigenvalue weighted by Crippen LogP contribution is 2.22. The van der Waals surface area contributed by atoms with E-state index in [1.165, 1.54) is 23.3 Å². The molecule has 0 radical (unpaired) electrons. The van der Waals surface area contributed by atoms with E-state index >= 15 is 0 Å². The van der Waals surface area contributed by atoms with Gasteiger partial charge in [-0.1, -0.05) is 44.2 Å². The zero-order chi connectivity index (χ0) is 20.6. The molecule has 1 N–H and O–H groups in total. The molecule has 0 bridgehead atoms. The van der Waals surface area contributed by atoms with E-state index in [9.17, 15) is 9.18 Å². The Labute approximate surface area is 173 Å². The minimum Gasteiger partial charge on any atom is -0.324 e. The number of carbonyl (C=O) groups is 1. The van der Waals surface area contributed by atoms with Crippen LogP contribution >= 0.6 is 0 Å². The molecule has 2 aromatic rings. The molecule has 3 rings (SSSR count). The second-order valence-corrected chi connectivity index (χ2v) is 7.74. The fourth-order valence-electron chi connectivity index (χ4n) is 3.97. The number of anilines is 1. The van der Waals surface area contributed by atoms with Gasteiger partial charge in [0.15, 0.2) is 0 Å². The molecule has 0 atom stereocenters. The fraction of sp³-hybridized carbons (Fsp3) is 0.458. The largest absolute Gasteiger partial charge is 0.324 e. The van der Waals surface area contributed by atoms with E-state index in [0.29, 0.717) is 6.54 Å². The Hall–Kier alpha value is -2.24. The molecule has 0 spiro atoms. The van der Waals surface area contributed by atoms with E-state index in [0.717, 1.165) is 63.2 Å². The zero-order valence-electron chi connectivity index (χ0n) is 17.6. The fourth-order valence-corrected chi connectivity index (χ4v) is 3.97. The van der Waals surface area contributed by atoms with Crippen LogP contribution in [0.4, 0.5) is 10.1 Å². The molecule has 1 aliphatic heterocycles. The van der Waals surface area contributed by atoms with Crippen molar-refractivity contribution in [2.24, 2.45) is 0 Å². The molecule has 29 heavy (non-hydrogen) atoms. The average molecular weight is 398 g/mol. The number of aryl methyl sites for hydroxylation is 2. The van der Waals surface area contributed by atoms with Gasteiger partial charge in [-0.3, -0.25) is 14.6 Å². The van der Waals surface area contributed by atoms with Crippen molar-refractivity contribution in [1.29, 1.82) is 0 Å². The van der Waals surface area contributed by atoms with Crippen molar-refractivity contribution in [3.8, 4) is 0 Å². The first-order valence-electron chi connectivity index (χ1n) is 10.7. The first-order chi connectivity index (χ1) is 14.1. The number of halogens is 1. The summed E-state index contributed by atoms with van der Waals surface area (Å²) in [5.41, 5.74) is 4.51. The molecule has 0 saturated carbocycles. The highest BCUT2D eigenvalue weighted by Gasteiger charge is 2.18. The van der Waals surface area contributed by atoms with Gasteiger partial charge in [0, 0.05) is 25.3 Å². The number of benzene rings is 2. The van der Waals surface area contributed by atoms with Crippen LogP contribution in [-0.4, -0.2) is 48.4 Å². The SMILES string of the molecule is CCc1cccc(CC)c1NC(=O)CN1CCCN(Cc2ccc(F)cc2)CC1. The third kappa shape index (κ3) is 6.12. The molecule has 1 aliphatic rings. The van der Waals surface area contributed by atoms with Gasteiger partial charge in [-0.15, -0.1) is 0 Å². The van der Waals surface area contributed by atoms with Crippen molar-refractivity contribution in [3.05, 3.63) is 65.0 Å². The van der Waals surface area contributed by atoms with Crippen molar-refractivity contribution < 1.29 is 9.18 Å². The molecular weight excluding hydrogens is 365 g/mol. The molecule has 4 nitrogen and oxygen atoms in total. The average Bonchev–Trinajstić information content (AvgIpc) is 2.94. The van der Waals surface area contributed by atoms with Crippen LogP contribution in [0.25, 0.3) is 0 Å². The van der Waals surface area contributed by atoms with Gasteiger partial charge in [0.2, 0.25) is 5.91 Å². The Kier molecular flexibility index (Phi) is 7.78. The van der Waals surface area contributed by atoms with Crippen LogP contribution in [0.1, 0.15) is 37.0 Å². The zero-order valence-corrected chi connectivity index (χ0v) is 17.6. The summed E-state index contributed by atoms with van der Waals surface area (Å²) in [6.45, 7) is 9.18. The number of nitrogens with zero attached hydrogens (tertiary/aromatic N) is 2. The highest BCUT2D eigenvalue weighted by molar-refractivity contribution is 5.93. The topological polar surface area (TPSA) is 35.6 Å². The molecule has 1 amide bonds. The number of hydrogen-bond acceptors (Lipinski definition) is 3.